The van der Waals surface area contributed by atoms with Crippen molar-refractivity contribution < 1.29 is 0 Å². The minimum absolute atomic E-state index is 0.819. The Hall–Kier alpha value is -0.780. The molecule has 0 aromatic heterocycles. The zero-order chi connectivity index (χ0) is 14.7. The van der Waals surface area contributed by atoms with Gasteiger partial charge in [-0.1, -0.05) is 29.4 Å². The van der Waals surface area contributed by atoms with Crippen LogP contribution in [0.1, 0.15) is 71.1 Å². The highest BCUT2D eigenvalue weighted by Gasteiger charge is 2.31. The molecule has 0 heteroatoms. The molecule has 2 fully saturated rings. The molecule has 2 saturated carbocycles. The van der Waals surface area contributed by atoms with Crippen molar-refractivity contribution in [3.63, 3.8) is 0 Å². The monoisotopic (exact) mass is 284 g/mol. The number of hydrogen-bond donors (Lipinski definition) is 0. The lowest BCUT2D eigenvalue weighted by molar-refractivity contribution is 0.163. The maximum atomic E-state index is 3.98. The third-order valence-corrected chi connectivity index (χ3v) is 6.50. The molecule has 0 aromatic rings. The van der Waals surface area contributed by atoms with Crippen molar-refractivity contribution in [2.24, 2.45) is 23.7 Å². The second-order valence-electron chi connectivity index (χ2n) is 7.78. The molecule has 0 bridgehead atoms. The summed E-state index contributed by atoms with van der Waals surface area (Å²) in [6, 6.07) is 0. The van der Waals surface area contributed by atoms with Crippen LogP contribution >= 0.6 is 0 Å². The Balaban J connectivity index is 1.48. The van der Waals surface area contributed by atoms with Crippen LogP contribution in [0.4, 0.5) is 0 Å². The van der Waals surface area contributed by atoms with Crippen LogP contribution in [0.2, 0.25) is 0 Å². The summed E-state index contributed by atoms with van der Waals surface area (Å²) in [4.78, 5) is 0. The van der Waals surface area contributed by atoms with E-state index in [0.717, 1.165) is 23.7 Å². The normalized spacial score (nSPS) is 37.6. The van der Waals surface area contributed by atoms with Crippen molar-refractivity contribution in [2.45, 2.75) is 71.1 Å². The average molecular weight is 284 g/mol. The molecule has 116 valence electrons. The molecule has 21 heavy (non-hydrogen) atoms. The zero-order valence-corrected chi connectivity index (χ0v) is 13.8. The van der Waals surface area contributed by atoms with Gasteiger partial charge in [0.25, 0.3) is 0 Å². The zero-order valence-electron chi connectivity index (χ0n) is 13.8. The van der Waals surface area contributed by atoms with Gasteiger partial charge >= 0.3 is 0 Å². The van der Waals surface area contributed by atoms with Gasteiger partial charge in [-0.2, -0.15) is 0 Å². The molecule has 0 heterocycles. The van der Waals surface area contributed by atoms with E-state index in [2.05, 4.69) is 31.7 Å². The highest BCUT2D eigenvalue weighted by Crippen LogP contribution is 2.44. The second-order valence-corrected chi connectivity index (χ2v) is 7.78. The summed E-state index contributed by atoms with van der Waals surface area (Å²) >= 11 is 0. The van der Waals surface area contributed by atoms with Gasteiger partial charge in [0.1, 0.15) is 0 Å². The van der Waals surface area contributed by atoms with E-state index in [1.54, 1.807) is 11.1 Å². The first kappa shape index (κ1) is 15.1. The van der Waals surface area contributed by atoms with E-state index in [-0.39, 0.29) is 0 Å². The Morgan fingerprint density at radius 3 is 2.00 bits per heavy atom. The maximum absolute atomic E-state index is 3.98. The number of hydrogen-bond acceptors (Lipinski definition) is 0. The van der Waals surface area contributed by atoms with Gasteiger partial charge in [-0.05, 0) is 94.8 Å². The highest BCUT2D eigenvalue weighted by atomic mass is 14.4. The van der Waals surface area contributed by atoms with E-state index in [9.17, 15) is 0 Å². The lowest BCUT2D eigenvalue weighted by Crippen LogP contribution is -2.26. The van der Waals surface area contributed by atoms with Gasteiger partial charge in [-0.25, -0.2) is 0 Å². The highest BCUT2D eigenvalue weighted by molar-refractivity contribution is 5.24. The molecule has 0 unspecified atom stereocenters. The Morgan fingerprint density at radius 2 is 1.48 bits per heavy atom. The molecule has 3 aliphatic carbocycles. The van der Waals surface area contributed by atoms with Gasteiger partial charge in [-0.15, -0.1) is 6.58 Å². The summed E-state index contributed by atoms with van der Waals surface area (Å²) in [7, 11) is 0. The lowest BCUT2D eigenvalue weighted by Gasteiger charge is -2.38. The Labute approximate surface area is 131 Å². The Kier molecular flexibility index (Phi) is 5.03. The third kappa shape index (κ3) is 3.71. The molecule has 0 radical (unpaired) electrons. The maximum Gasteiger partial charge on any atom is -0.0200 e. The van der Waals surface area contributed by atoms with Crippen LogP contribution in [0.15, 0.2) is 36.0 Å². The van der Waals surface area contributed by atoms with Crippen LogP contribution in [-0.2, 0) is 0 Å². The van der Waals surface area contributed by atoms with Crippen LogP contribution in [0.25, 0.3) is 0 Å². The molecule has 0 nitrogen and oxygen atoms in total. The molecule has 0 N–H and O–H groups in total. The molecule has 3 aliphatic rings. The first-order chi connectivity index (χ1) is 10.3. The molecule has 0 atom stereocenters. The fourth-order valence-corrected chi connectivity index (χ4v) is 4.91. The van der Waals surface area contributed by atoms with Crippen LogP contribution in [0.5, 0.6) is 0 Å². The van der Waals surface area contributed by atoms with E-state index >= 15 is 0 Å². The van der Waals surface area contributed by atoms with Crippen molar-refractivity contribution in [2.75, 3.05) is 0 Å². The molecule has 0 aliphatic heterocycles. The van der Waals surface area contributed by atoms with E-state index in [0.29, 0.717) is 0 Å². The van der Waals surface area contributed by atoms with Crippen LogP contribution in [0, 0.1) is 23.7 Å². The molecule has 0 amide bonds. The van der Waals surface area contributed by atoms with Crippen LogP contribution in [-0.4, -0.2) is 0 Å². The van der Waals surface area contributed by atoms with Crippen molar-refractivity contribution in [3.8, 4) is 0 Å². The van der Waals surface area contributed by atoms with Crippen molar-refractivity contribution in [1.82, 2.24) is 0 Å². The first-order valence-electron chi connectivity index (χ1n) is 9.25. The van der Waals surface area contributed by atoms with Crippen molar-refractivity contribution in [3.05, 3.63) is 36.0 Å². The van der Waals surface area contributed by atoms with Gasteiger partial charge in [-0.3, -0.25) is 0 Å². The second kappa shape index (κ2) is 6.99. The molecule has 0 spiro atoms. The van der Waals surface area contributed by atoms with Gasteiger partial charge in [0.05, 0.1) is 0 Å². The Morgan fingerprint density at radius 1 is 0.857 bits per heavy atom. The van der Waals surface area contributed by atoms with Gasteiger partial charge in [0.15, 0.2) is 0 Å². The lowest BCUT2D eigenvalue weighted by atomic mass is 9.67. The molecule has 0 aromatic carbocycles. The SMILES string of the molecule is C=CC1CCC(C2CCC(C3=CC=C(C)CC3)CC2)CC1. The third-order valence-electron chi connectivity index (χ3n) is 6.50. The summed E-state index contributed by atoms with van der Waals surface area (Å²) in [5.74, 6) is 3.80. The van der Waals surface area contributed by atoms with E-state index in [1.165, 1.54) is 64.2 Å². The Bertz CT molecular complexity index is 409. The summed E-state index contributed by atoms with van der Waals surface area (Å²) in [6.45, 7) is 6.25. The predicted molar refractivity (Wildman–Crippen MR) is 92.2 cm³/mol. The summed E-state index contributed by atoms with van der Waals surface area (Å²) in [5, 5.41) is 0. The largest absolute Gasteiger partial charge is 0.103 e. The minimum atomic E-state index is 0.819. The fraction of sp³-hybridized carbons (Fsp3) is 0.714. The summed E-state index contributed by atoms with van der Waals surface area (Å²) in [6.07, 6.45) is 21.3. The van der Waals surface area contributed by atoms with Crippen molar-refractivity contribution >= 4 is 0 Å². The van der Waals surface area contributed by atoms with E-state index in [4.69, 9.17) is 0 Å². The predicted octanol–water partition coefficient (Wildman–Crippen LogP) is 6.45. The van der Waals surface area contributed by atoms with Gasteiger partial charge in [0.2, 0.25) is 0 Å². The van der Waals surface area contributed by atoms with Crippen molar-refractivity contribution in [1.29, 1.82) is 0 Å². The van der Waals surface area contributed by atoms with Gasteiger partial charge in [0, 0.05) is 0 Å². The van der Waals surface area contributed by atoms with E-state index < -0.39 is 0 Å². The average Bonchev–Trinajstić information content (AvgIpc) is 2.56. The minimum Gasteiger partial charge on any atom is -0.103 e. The molecular formula is C21H32. The number of rotatable bonds is 3. The first-order valence-corrected chi connectivity index (χ1v) is 9.25. The van der Waals surface area contributed by atoms with E-state index in [1.807, 2.05) is 0 Å². The summed E-state index contributed by atoms with van der Waals surface area (Å²) in [5.41, 5.74) is 3.32. The topological polar surface area (TPSA) is 0 Å². The molecule has 0 saturated heterocycles. The van der Waals surface area contributed by atoms with Crippen LogP contribution < -0.4 is 0 Å². The quantitative estimate of drug-likeness (QED) is 0.522. The molecule has 3 rings (SSSR count). The van der Waals surface area contributed by atoms with Gasteiger partial charge < -0.3 is 0 Å². The fourth-order valence-electron chi connectivity index (χ4n) is 4.91. The smallest absolute Gasteiger partial charge is 0.0200 e. The molecular weight excluding hydrogens is 252 g/mol. The summed E-state index contributed by atoms with van der Waals surface area (Å²) < 4.78 is 0. The standard InChI is InChI=1S/C21H32/c1-3-17-6-10-19(11-7-17)21-14-12-20(13-15-21)18-8-4-16(2)5-9-18/h3-4,8,17,19-21H,1,5-7,9-15H2,2H3. The van der Waals surface area contributed by atoms with Crippen LogP contribution in [0.3, 0.4) is 0 Å². The number of allylic oxidation sites excluding steroid dienone is 5.